The van der Waals surface area contributed by atoms with E-state index in [0.29, 0.717) is 0 Å². The number of hydrogen-bond acceptors (Lipinski definition) is 4. The minimum atomic E-state index is -0.387. The van der Waals surface area contributed by atoms with Gasteiger partial charge in [-0.1, -0.05) is 0 Å². The minimum absolute atomic E-state index is 0.0109. The maximum atomic E-state index is 10.3. The van der Waals surface area contributed by atoms with Gasteiger partial charge in [-0.05, 0) is 0 Å². The first-order valence-electron chi connectivity index (χ1n) is 2.10. The van der Waals surface area contributed by atoms with Gasteiger partial charge in [0.15, 0.2) is 0 Å². The van der Waals surface area contributed by atoms with E-state index in [-0.39, 0.29) is 12.5 Å². The topological polar surface area (TPSA) is 51.0 Å². The van der Waals surface area contributed by atoms with Gasteiger partial charge in [-0.2, -0.15) is 3.21 Å². The van der Waals surface area contributed by atoms with Gasteiger partial charge < -0.3 is 4.74 Å². The van der Waals surface area contributed by atoms with E-state index in [2.05, 4.69) is 18.9 Å². The summed E-state index contributed by atoms with van der Waals surface area (Å²) >= 11 is 1.71. The van der Waals surface area contributed by atoms with E-state index in [1.165, 1.54) is 7.11 Å². The highest BCUT2D eigenvalue weighted by atomic mass is 127. The number of carbonyl (C=O) groups is 1. The molecule has 0 aromatic rings. The summed E-state index contributed by atoms with van der Waals surface area (Å²) in [6, 6.07) is 2.25. The summed E-state index contributed by atoms with van der Waals surface area (Å²) in [5, 5.41) is 0. The summed E-state index contributed by atoms with van der Waals surface area (Å²) in [7, 11) is 1.30. The fourth-order valence-electron chi connectivity index (χ4n) is 0.191. The van der Waals surface area contributed by atoms with Gasteiger partial charge in [-0.15, -0.1) is 0 Å². The Balaban J connectivity index is 3.50. The van der Waals surface area contributed by atoms with Crippen LogP contribution in [0.15, 0.2) is 8.20 Å². The second-order valence-electron chi connectivity index (χ2n) is 1.08. The predicted octanol–water partition coefficient (Wildman–Crippen LogP) is 0.683. The summed E-state index contributed by atoms with van der Waals surface area (Å²) in [6.45, 7) is -0.0109. The van der Waals surface area contributed by atoms with Crippen molar-refractivity contribution in [2.45, 2.75) is 0 Å². The van der Waals surface area contributed by atoms with E-state index in [0.717, 1.165) is 0 Å². The van der Waals surface area contributed by atoms with Gasteiger partial charge in [0.1, 0.15) is 12.6 Å². The maximum absolute atomic E-state index is 10.3. The lowest BCUT2D eigenvalue weighted by atomic mass is 10.7. The highest BCUT2D eigenvalue weighted by Crippen LogP contribution is 1.77. The molecule has 0 unspecified atom stereocenters. The third kappa shape index (κ3) is 5.45. The van der Waals surface area contributed by atoms with Crippen LogP contribution in [0.25, 0.3) is 0 Å². The fraction of sp³-hybridized carbons (Fsp3) is 0.500. The van der Waals surface area contributed by atoms with Crippen molar-refractivity contribution in [3.05, 3.63) is 0 Å². The van der Waals surface area contributed by atoms with Crippen molar-refractivity contribution >= 4 is 34.8 Å². The van der Waals surface area contributed by atoms with Gasteiger partial charge in [0, 0.05) is 0 Å². The van der Waals surface area contributed by atoms with Crippen molar-refractivity contribution in [1.29, 1.82) is 0 Å². The fourth-order valence-corrected chi connectivity index (χ4v) is 0.344. The molecule has 0 aliphatic carbocycles. The van der Waals surface area contributed by atoms with Crippen molar-refractivity contribution < 1.29 is 9.53 Å². The normalized spacial score (nSPS) is 7.33. The number of hydrogen-bond donors (Lipinski definition) is 0. The first-order valence-corrected chi connectivity index (χ1v) is 3.07. The van der Waals surface area contributed by atoms with Crippen LogP contribution in [0.1, 0.15) is 0 Å². The lowest BCUT2D eigenvalue weighted by Gasteiger charge is -1.88. The standard InChI is InChI=1S/C4H5IN2O2/c1-9-4(8)2-6-3-7-5/h2H2,1H3. The molecule has 0 heterocycles. The molecule has 0 aromatic heterocycles. The van der Waals surface area contributed by atoms with Crippen LogP contribution in [0.2, 0.25) is 0 Å². The molecule has 0 N–H and O–H groups in total. The molecule has 0 bridgehead atoms. The van der Waals surface area contributed by atoms with Crippen LogP contribution in [0.3, 0.4) is 0 Å². The number of esters is 1. The second-order valence-corrected chi connectivity index (χ2v) is 1.56. The summed E-state index contributed by atoms with van der Waals surface area (Å²) in [4.78, 5) is 13.7. The molecule has 0 spiro atoms. The Morgan fingerprint density at radius 1 is 1.89 bits per heavy atom. The van der Waals surface area contributed by atoms with Crippen LogP contribution in [0.5, 0.6) is 0 Å². The van der Waals surface area contributed by atoms with Crippen molar-refractivity contribution in [2.24, 2.45) is 8.20 Å². The van der Waals surface area contributed by atoms with E-state index in [4.69, 9.17) is 0 Å². The SMILES string of the molecule is COC(=O)CN=C=NI. The highest BCUT2D eigenvalue weighted by molar-refractivity contribution is 14.1. The molecule has 0 fully saturated rings. The second kappa shape index (κ2) is 5.71. The Morgan fingerprint density at radius 2 is 2.56 bits per heavy atom. The largest absolute Gasteiger partial charge is 0.468 e. The van der Waals surface area contributed by atoms with Crippen LogP contribution in [0, 0.1) is 0 Å². The molecule has 0 radical (unpaired) electrons. The van der Waals surface area contributed by atoms with E-state index < -0.39 is 0 Å². The minimum Gasteiger partial charge on any atom is -0.468 e. The Morgan fingerprint density at radius 3 is 3.00 bits per heavy atom. The molecule has 4 nitrogen and oxygen atoms in total. The van der Waals surface area contributed by atoms with E-state index in [1.54, 1.807) is 22.9 Å². The molecule has 0 rings (SSSR count). The number of ether oxygens (including phenoxy) is 1. The Kier molecular flexibility index (Phi) is 5.45. The third-order valence-electron chi connectivity index (χ3n) is 0.544. The number of nitrogens with zero attached hydrogens (tertiary/aromatic N) is 2. The molecule has 0 saturated heterocycles. The first-order chi connectivity index (χ1) is 4.31. The number of carbonyl (C=O) groups excluding carboxylic acids is 1. The maximum Gasteiger partial charge on any atom is 0.328 e. The van der Waals surface area contributed by atoms with E-state index in [9.17, 15) is 4.79 Å². The number of rotatable bonds is 2. The van der Waals surface area contributed by atoms with Gasteiger partial charge in [0.25, 0.3) is 0 Å². The zero-order chi connectivity index (χ0) is 7.11. The van der Waals surface area contributed by atoms with E-state index >= 15 is 0 Å². The average Bonchev–Trinajstić information content (AvgIpc) is 1.89. The monoisotopic (exact) mass is 240 g/mol. The molecule has 0 aliphatic rings. The quantitative estimate of drug-likeness (QED) is 0.405. The van der Waals surface area contributed by atoms with Gasteiger partial charge >= 0.3 is 5.97 Å². The summed E-state index contributed by atoms with van der Waals surface area (Å²) in [6.07, 6.45) is 0. The molecule has 0 aromatic carbocycles. The number of methoxy groups -OCH3 is 1. The van der Waals surface area contributed by atoms with Crippen molar-refractivity contribution in [2.75, 3.05) is 13.7 Å². The molecule has 50 valence electrons. The van der Waals surface area contributed by atoms with Crippen LogP contribution in [0.4, 0.5) is 0 Å². The molecule has 0 saturated carbocycles. The van der Waals surface area contributed by atoms with Crippen LogP contribution < -0.4 is 0 Å². The number of aliphatic imine (C=N–C) groups is 1. The summed E-state index contributed by atoms with van der Waals surface area (Å²) in [5.74, 6) is -0.387. The molecule has 9 heavy (non-hydrogen) atoms. The van der Waals surface area contributed by atoms with Crippen molar-refractivity contribution in [3.63, 3.8) is 0 Å². The van der Waals surface area contributed by atoms with Crippen LogP contribution in [-0.2, 0) is 9.53 Å². The third-order valence-corrected chi connectivity index (χ3v) is 0.760. The zero-order valence-corrected chi connectivity index (χ0v) is 6.95. The van der Waals surface area contributed by atoms with Gasteiger partial charge in [-0.3, -0.25) is 4.79 Å². The van der Waals surface area contributed by atoms with Crippen LogP contribution in [-0.4, -0.2) is 25.6 Å². The zero-order valence-electron chi connectivity index (χ0n) is 4.80. The Hall–Kier alpha value is -0.420. The molecule has 0 amide bonds. The smallest absolute Gasteiger partial charge is 0.328 e. The molecule has 5 heteroatoms. The van der Waals surface area contributed by atoms with Gasteiger partial charge in [-0.25, -0.2) is 4.99 Å². The lowest BCUT2D eigenvalue weighted by molar-refractivity contribution is -0.138. The summed E-state index contributed by atoms with van der Waals surface area (Å²) < 4.78 is 7.67. The molecule has 0 aliphatic heterocycles. The van der Waals surface area contributed by atoms with Crippen LogP contribution >= 0.6 is 22.9 Å². The van der Waals surface area contributed by atoms with Gasteiger partial charge in [0.05, 0.1) is 30.0 Å². The molecule has 0 atom stereocenters. The first kappa shape index (κ1) is 8.58. The highest BCUT2D eigenvalue weighted by Gasteiger charge is 1.92. The number of halogens is 1. The molecular weight excluding hydrogens is 235 g/mol. The average molecular weight is 240 g/mol. The molecular formula is C4H5IN2O2. The van der Waals surface area contributed by atoms with Crippen molar-refractivity contribution in [3.8, 4) is 0 Å². The Bertz CT molecular complexity index is 151. The van der Waals surface area contributed by atoms with E-state index in [1.807, 2.05) is 0 Å². The van der Waals surface area contributed by atoms with Gasteiger partial charge in [0.2, 0.25) is 0 Å². The predicted molar refractivity (Wildman–Crippen MR) is 40.8 cm³/mol. The van der Waals surface area contributed by atoms with Crippen molar-refractivity contribution in [1.82, 2.24) is 0 Å². The summed E-state index contributed by atoms with van der Waals surface area (Å²) in [5.41, 5.74) is 0. The lowest BCUT2D eigenvalue weighted by Crippen LogP contribution is -2.03. The Labute approximate surface area is 66.5 Å².